The van der Waals surface area contributed by atoms with Gasteiger partial charge in [0.05, 0.1) is 11.1 Å². The van der Waals surface area contributed by atoms with Crippen molar-refractivity contribution in [3.05, 3.63) is 0 Å². The van der Waals surface area contributed by atoms with E-state index in [0.717, 1.165) is 5.25 Å². The first-order valence-electron chi connectivity index (χ1n) is 4.00. The third kappa shape index (κ3) is 0.895. The number of thioether (sulfide) groups is 1. The smallest absolute Gasteiger partial charge is 0.0708 e. The molecule has 0 aromatic carbocycles. The van der Waals surface area contributed by atoms with E-state index in [1.165, 1.54) is 25.7 Å². The van der Waals surface area contributed by atoms with Gasteiger partial charge in [0.15, 0.2) is 0 Å². The van der Waals surface area contributed by atoms with Crippen molar-refractivity contribution in [1.29, 1.82) is 0 Å². The van der Waals surface area contributed by atoms with Crippen molar-refractivity contribution in [2.45, 2.75) is 43.4 Å². The van der Waals surface area contributed by atoms with Crippen molar-refractivity contribution >= 4 is 17.3 Å². The summed E-state index contributed by atoms with van der Waals surface area (Å²) >= 11 is 1.93. The van der Waals surface area contributed by atoms with Gasteiger partial charge in [0.2, 0.25) is 0 Å². The highest BCUT2D eigenvalue weighted by atomic mass is 32.2. The molecule has 2 atom stereocenters. The number of fused-ring (bicyclic) bond motifs is 1. The fourth-order valence-electron chi connectivity index (χ4n) is 1.87. The molecule has 2 aliphatic rings. The molecule has 1 heterocycles. The average Bonchev–Trinajstić information content (AvgIpc) is 2.29. The molecule has 0 aromatic rings. The maximum absolute atomic E-state index is 4.53. The van der Waals surface area contributed by atoms with Gasteiger partial charge >= 0.3 is 0 Å². The molecule has 1 nitrogen and oxygen atoms in total. The molecule has 0 aromatic heterocycles. The van der Waals surface area contributed by atoms with Crippen molar-refractivity contribution in [1.82, 2.24) is 0 Å². The lowest BCUT2D eigenvalue weighted by Gasteiger charge is -2.32. The van der Waals surface area contributed by atoms with Crippen LogP contribution in [0.1, 0.15) is 32.6 Å². The molecule has 0 radical (unpaired) electrons. The second kappa shape index (κ2) is 2.26. The van der Waals surface area contributed by atoms with E-state index in [2.05, 4.69) is 17.5 Å². The number of rotatable bonds is 0. The maximum atomic E-state index is 4.53. The number of nitrogens with zero attached hydrogens (tertiary/aromatic N) is 1. The standard InChI is InChI=1S/C8H13NS/c1-8-5-3-2-4-7(8)10-6-9-8/h6-7H,2-5H2,1H3. The topological polar surface area (TPSA) is 12.4 Å². The molecular formula is C8H13NS. The minimum atomic E-state index is 0.322. The van der Waals surface area contributed by atoms with Crippen LogP contribution in [-0.4, -0.2) is 16.3 Å². The van der Waals surface area contributed by atoms with Gasteiger partial charge in [0, 0.05) is 5.25 Å². The van der Waals surface area contributed by atoms with Gasteiger partial charge in [-0.1, -0.05) is 12.8 Å². The van der Waals surface area contributed by atoms with E-state index in [1.54, 1.807) is 0 Å². The van der Waals surface area contributed by atoms with Crippen LogP contribution in [0, 0.1) is 0 Å². The molecule has 0 spiro atoms. The van der Waals surface area contributed by atoms with E-state index in [1.807, 2.05) is 11.8 Å². The zero-order valence-electron chi connectivity index (χ0n) is 6.34. The Kier molecular flexibility index (Phi) is 1.52. The fourth-order valence-corrected chi connectivity index (χ4v) is 3.09. The maximum Gasteiger partial charge on any atom is 0.0708 e. The van der Waals surface area contributed by atoms with Gasteiger partial charge in [-0.2, -0.15) is 0 Å². The van der Waals surface area contributed by atoms with E-state index in [9.17, 15) is 0 Å². The van der Waals surface area contributed by atoms with Gasteiger partial charge < -0.3 is 0 Å². The van der Waals surface area contributed by atoms with Crippen LogP contribution >= 0.6 is 11.8 Å². The summed E-state index contributed by atoms with van der Waals surface area (Å²) in [5.41, 5.74) is 2.37. The van der Waals surface area contributed by atoms with Gasteiger partial charge in [-0.3, -0.25) is 4.99 Å². The lowest BCUT2D eigenvalue weighted by atomic mass is 9.83. The summed E-state index contributed by atoms with van der Waals surface area (Å²) in [6.45, 7) is 2.30. The van der Waals surface area contributed by atoms with E-state index in [0.29, 0.717) is 5.54 Å². The first-order chi connectivity index (χ1) is 4.81. The first kappa shape index (κ1) is 6.71. The minimum absolute atomic E-state index is 0.322. The summed E-state index contributed by atoms with van der Waals surface area (Å²) in [5, 5.41) is 0.807. The second-order valence-corrected chi connectivity index (χ2v) is 4.51. The van der Waals surface area contributed by atoms with Crippen LogP contribution in [0.3, 0.4) is 0 Å². The fraction of sp³-hybridized carbons (Fsp3) is 0.875. The first-order valence-corrected chi connectivity index (χ1v) is 4.95. The Morgan fingerprint density at radius 3 is 3.30 bits per heavy atom. The highest BCUT2D eigenvalue weighted by molar-refractivity contribution is 8.13. The summed E-state index contributed by atoms with van der Waals surface area (Å²) in [6, 6.07) is 0. The van der Waals surface area contributed by atoms with Crippen LogP contribution < -0.4 is 0 Å². The Bertz CT molecular complexity index is 167. The van der Waals surface area contributed by atoms with Gasteiger partial charge in [-0.05, 0) is 19.8 Å². The van der Waals surface area contributed by atoms with E-state index < -0.39 is 0 Å². The van der Waals surface area contributed by atoms with Crippen molar-refractivity contribution in [2.24, 2.45) is 4.99 Å². The highest BCUT2D eigenvalue weighted by Crippen LogP contribution is 2.42. The van der Waals surface area contributed by atoms with Crippen LogP contribution in [0.2, 0.25) is 0 Å². The zero-order chi connectivity index (χ0) is 7.03. The van der Waals surface area contributed by atoms with E-state index >= 15 is 0 Å². The Morgan fingerprint density at radius 2 is 2.50 bits per heavy atom. The summed E-state index contributed by atoms with van der Waals surface area (Å²) in [5.74, 6) is 0. The predicted molar refractivity (Wildman–Crippen MR) is 46.7 cm³/mol. The molecule has 0 N–H and O–H groups in total. The van der Waals surface area contributed by atoms with Crippen molar-refractivity contribution in [3.63, 3.8) is 0 Å². The number of aliphatic imine (C=N–C) groups is 1. The summed E-state index contributed by atoms with van der Waals surface area (Å²) < 4.78 is 0. The molecular weight excluding hydrogens is 142 g/mol. The summed E-state index contributed by atoms with van der Waals surface area (Å²) in [7, 11) is 0. The van der Waals surface area contributed by atoms with Crippen LogP contribution in [-0.2, 0) is 0 Å². The molecule has 2 unspecified atom stereocenters. The summed E-state index contributed by atoms with van der Waals surface area (Å²) in [6.07, 6.45) is 5.48. The lowest BCUT2D eigenvalue weighted by Crippen LogP contribution is -2.34. The Hall–Kier alpha value is 0.0200. The molecule has 56 valence electrons. The molecule has 1 aliphatic carbocycles. The molecule has 2 heteroatoms. The quantitative estimate of drug-likeness (QED) is 0.523. The monoisotopic (exact) mass is 155 g/mol. The molecule has 0 amide bonds. The van der Waals surface area contributed by atoms with E-state index in [-0.39, 0.29) is 0 Å². The predicted octanol–water partition coefficient (Wildman–Crippen LogP) is 2.46. The van der Waals surface area contributed by atoms with Crippen LogP contribution in [0.4, 0.5) is 0 Å². The Morgan fingerprint density at radius 1 is 1.60 bits per heavy atom. The minimum Gasteiger partial charge on any atom is -0.279 e. The highest BCUT2D eigenvalue weighted by Gasteiger charge is 2.38. The number of hydrogen-bond acceptors (Lipinski definition) is 2. The molecule has 10 heavy (non-hydrogen) atoms. The van der Waals surface area contributed by atoms with E-state index in [4.69, 9.17) is 0 Å². The van der Waals surface area contributed by atoms with Crippen molar-refractivity contribution < 1.29 is 0 Å². The molecule has 0 bridgehead atoms. The van der Waals surface area contributed by atoms with Gasteiger partial charge in [0.1, 0.15) is 0 Å². The SMILES string of the molecule is CC12CCCCC1SC=N2. The third-order valence-electron chi connectivity index (χ3n) is 2.67. The largest absolute Gasteiger partial charge is 0.279 e. The normalized spacial score (nSPS) is 45.5. The zero-order valence-corrected chi connectivity index (χ0v) is 7.16. The van der Waals surface area contributed by atoms with Crippen LogP contribution in [0.15, 0.2) is 4.99 Å². The van der Waals surface area contributed by atoms with Crippen molar-refractivity contribution in [2.75, 3.05) is 0 Å². The Balaban J connectivity index is 2.17. The van der Waals surface area contributed by atoms with Crippen LogP contribution in [0.5, 0.6) is 0 Å². The van der Waals surface area contributed by atoms with Gasteiger partial charge in [-0.15, -0.1) is 11.8 Å². The molecule has 1 fully saturated rings. The Labute approximate surface area is 66.3 Å². The molecule has 0 saturated heterocycles. The molecule has 2 rings (SSSR count). The number of hydrogen-bond donors (Lipinski definition) is 0. The molecule has 1 saturated carbocycles. The van der Waals surface area contributed by atoms with Gasteiger partial charge in [-0.25, -0.2) is 0 Å². The van der Waals surface area contributed by atoms with Crippen molar-refractivity contribution in [3.8, 4) is 0 Å². The lowest BCUT2D eigenvalue weighted by molar-refractivity contribution is 0.343. The molecule has 1 aliphatic heterocycles. The summed E-state index contributed by atoms with van der Waals surface area (Å²) in [4.78, 5) is 4.53. The third-order valence-corrected chi connectivity index (χ3v) is 3.96. The van der Waals surface area contributed by atoms with Gasteiger partial charge in [0.25, 0.3) is 0 Å². The van der Waals surface area contributed by atoms with Crippen LogP contribution in [0.25, 0.3) is 0 Å². The average molecular weight is 155 g/mol. The second-order valence-electron chi connectivity index (χ2n) is 3.46.